The van der Waals surface area contributed by atoms with Gasteiger partial charge in [0.05, 0.1) is 21.8 Å². The number of para-hydroxylation sites is 1. The fourth-order valence-electron chi connectivity index (χ4n) is 2.44. The maximum atomic E-state index is 12.2. The molecule has 0 aliphatic carbocycles. The number of aromatic nitrogens is 1. The van der Waals surface area contributed by atoms with Crippen molar-refractivity contribution in [2.24, 2.45) is 0 Å². The summed E-state index contributed by atoms with van der Waals surface area (Å²) >= 11 is 1.51. The maximum absolute atomic E-state index is 12.2. The Bertz CT molecular complexity index is 1090. The van der Waals surface area contributed by atoms with Crippen LogP contribution in [0.4, 0.5) is 0 Å². The summed E-state index contributed by atoms with van der Waals surface area (Å²) in [6.07, 6.45) is 0. The van der Waals surface area contributed by atoms with Gasteiger partial charge in [-0.05, 0) is 42.0 Å². The Balaban J connectivity index is 1.46. The normalized spacial score (nSPS) is 10.6. The average molecular weight is 360 g/mol. The molecule has 0 radical (unpaired) electrons. The molecule has 0 aliphatic rings. The number of nitrogens with zero attached hydrogens (tertiary/aromatic N) is 2. The van der Waals surface area contributed by atoms with Crippen LogP contribution in [-0.4, -0.2) is 11.0 Å². The molecule has 126 valence electrons. The van der Waals surface area contributed by atoms with Gasteiger partial charge in [-0.3, -0.25) is 0 Å². The number of benzene rings is 2. The van der Waals surface area contributed by atoms with Crippen LogP contribution in [0.2, 0.25) is 0 Å². The zero-order valence-corrected chi connectivity index (χ0v) is 14.3. The first-order valence-corrected chi connectivity index (χ1v) is 8.66. The molecule has 26 heavy (non-hydrogen) atoms. The molecule has 0 saturated carbocycles. The van der Waals surface area contributed by atoms with Crippen LogP contribution in [0.1, 0.15) is 21.7 Å². The van der Waals surface area contributed by atoms with Gasteiger partial charge in [0.1, 0.15) is 6.61 Å². The van der Waals surface area contributed by atoms with Crippen LogP contribution in [-0.2, 0) is 11.3 Å². The van der Waals surface area contributed by atoms with Gasteiger partial charge >= 0.3 is 5.97 Å². The van der Waals surface area contributed by atoms with Gasteiger partial charge in [-0.1, -0.05) is 24.3 Å². The predicted octanol–water partition coefficient (Wildman–Crippen LogP) is 4.78. The number of hydrogen-bond acceptors (Lipinski definition) is 6. The molecule has 0 atom stereocenters. The number of fused-ring (bicyclic) bond motifs is 1. The summed E-state index contributed by atoms with van der Waals surface area (Å²) < 4.78 is 11.9. The first kappa shape index (κ1) is 16.1. The number of carbonyl (C=O) groups is 1. The third-order valence-electron chi connectivity index (χ3n) is 3.76. The second-order valence-corrected chi connectivity index (χ2v) is 6.57. The van der Waals surface area contributed by atoms with Gasteiger partial charge in [-0.15, -0.1) is 11.3 Å². The Labute approximate surface area is 153 Å². The highest BCUT2D eigenvalue weighted by Gasteiger charge is 2.16. The van der Waals surface area contributed by atoms with Gasteiger partial charge in [0, 0.05) is 0 Å². The van der Waals surface area contributed by atoms with Crippen molar-refractivity contribution in [2.75, 3.05) is 0 Å². The van der Waals surface area contributed by atoms with E-state index in [0.717, 1.165) is 20.8 Å². The Morgan fingerprint density at radius 3 is 2.69 bits per heavy atom. The van der Waals surface area contributed by atoms with E-state index in [1.165, 1.54) is 11.3 Å². The largest absolute Gasteiger partial charge is 0.455 e. The van der Waals surface area contributed by atoms with Gasteiger partial charge < -0.3 is 9.15 Å². The number of rotatable bonds is 4. The molecule has 2 heterocycles. The number of thiazole rings is 1. The fourth-order valence-corrected chi connectivity index (χ4v) is 3.36. The lowest BCUT2D eigenvalue weighted by Crippen LogP contribution is -2.03. The minimum atomic E-state index is -0.540. The van der Waals surface area contributed by atoms with E-state index >= 15 is 0 Å². The minimum Gasteiger partial charge on any atom is -0.455 e. The zero-order valence-electron chi connectivity index (χ0n) is 13.5. The third kappa shape index (κ3) is 3.21. The number of esters is 1. The number of carbonyl (C=O) groups excluding carboxylic acids is 1. The second kappa shape index (κ2) is 6.82. The Hall–Kier alpha value is -3.43. The van der Waals surface area contributed by atoms with Crippen molar-refractivity contribution in [2.45, 2.75) is 6.61 Å². The van der Waals surface area contributed by atoms with E-state index < -0.39 is 5.97 Å². The third-order valence-corrected chi connectivity index (χ3v) is 4.82. The molecule has 2 aromatic carbocycles. The van der Waals surface area contributed by atoms with Gasteiger partial charge in [0.2, 0.25) is 5.76 Å². The molecule has 4 rings (SSSR count). The molecule has 5 nitrogen and oxygen atoms in total. The van der Waals surface area contributed by atoms with E-state index in [2.05, 4.69) is 4.98 Å². The molecule has 0 amide bonds. The smallest absolute Gasteiger partial charge is 0.374 e. The molecule has 6 heteroatoms. The van der Waals surface area contributed by atoms with Crippen molar-refractivity contribution >= 4 is 27.5 Å². The Morgan fingerprint density at radius 1 is 1.12 bits per heavy atom. The van der Waals surface area contributed by atoms with Crippen LogP contribution in [0.5, 0.6) is 0 Å². The van der Waals surface area contributed by atoms with Crippen LogP contribution in [0.25, 0.3) is 21.0 Å². The Kier molecular flexibility index (Phi) is 4.22. The molecule has 0 bridgehead atoms. The number of nitriles is 1. The topological polar surface area (TPSA) is 76.1 Å². The predicted molar refractivity (Wildman–Crippen MR) is 97.6 cm³/mol. The van der Waals surface area contributed by atoms with Crippen molar-refractivity contribution in [3.63, 3.8) is 0 Å². The van der Waals surface area contributed by atoms with Gasteiger partial charge in [0.15, 0.2) is 10.8 Å². The first-order chi connectivity index (χ1) is 12.7. The quantitative estimate of drug-likeness (QED) is 0.489. The summed E-state index contributed by atoms with van der Waals surface area (Å²) in [6.45, 7) is 0.113. The highest BCUT2D eigenvalue weighted by Crippen LogP contribution is 2.31. The summed E-state index contributed by atoms with van der Waals surface area (Å²) in [5, 5.41) is 9.51. The Morgan fingerprint density at radius 2 is 1.92 bits per heavy atom. The molecule has 0 N–H and O–H groups in total. The van der Waals surface area contributed by atoms with Crippen molar-refractivity contribution in [3.05, 3.63) is 77.6 Å². The number of ether oxygens (including phenoxy) is 1. The molecule has 4 aromatic rings. The average Bonchev–Trinajstić information content (AvgIpc) is 3.33. The van der Waals surface area contributed by atoms with E-state index in [0.29, 0.717) is 11.3 Å². The SMILES string of the molecule is N#Cc1ccc(COC(=O)c2ccc(-c3nc4ccccc4s3)o2)cc1. The summed E-state index contributed by atoms with van der Waals surface area (Å²) in [4.78, 5) is 16.7. The standard InChI is InChI=1S/C20H12N2O3S/c21-11-13-5-7-14(8-6-13)12-24-20(23)17-10-9-16(25-17)19-22-15-3-1-2-4-18(15)26-19/h1-10H,12H2. The van der Waals surface area contributed by atoms with E-state index in [1.54, 1.807) is 36.4 Å². The molecular weight excluding hydrogens is 348 g/mol. The molecule has 0 fully saturated rings. The second-order valence-electron chi connectivity index (χ2n) is 5.54. The van der Waals surface area contributed by atoms with Crippen molar-refractivity contribution < 1.29 is 13.9 Å². The number of hydrogen-bond donors (Lipinski definition) is 0. The highest BCUT2D eigenvalue weighted by atomic mass is 32.1. The van der Waals surface area contributed by atoms with Gasteiger partial charge in [-0.25, -0.2) is 9.78 Å². The van der Waals surface area contributed by atoms with E-state index in [-0.39, 0.29) is 12.4 Å². The van der Waals surface area contributed by atoms with Crippen LogP contribution < -0.4 is 0 Å². The van der Waals surface area contributed by atoms with Gasteiger partial charge in [-0.2, -0.15) is 5.26 Å². The minimum absolute atomic E-state index is 0.113. The van der Waals surface area contributed by atoms with Crippen LogP contribution in [0.3, 0.4) is 0 Å². The molecular formula is C20H12N2O3S. The molecule has 0 spiro atoms. The molecule has 0 aliphatic heterocycles. The summed E-state index contributed by atoms with van der Waals surface area (Å²) in [6, 6.07) is 20.0. The van der Waals surface area contributed by atoms with Gasteiger partial charge in [0.25, 0.3) is 0 Å². The van der Waals surface area contributed by atoms with Crippen molar-refractivity contribution in [1.82, 2.24) is 4.98 Å². The van der Waals surface area contributed by atoms with Crippen LogP contribution >= 0.6 is 11.3 Å². The summed E-state index contributed by atoms with van der Waals surface area (Å²) in [7, 11) is 0. The molecule has 0 saturated heterocycles. The lowest BCUT2D eigenvalue weighted by atomic mass is 10.2. The maximum Gasteiger partial charge on any atom is 0.374 e. The summed E-state index contributed by atoms with van der Waals surface area (Å²) in [5.41, 5.74) is 2.26. The monoisotopic (exact) mass is 360 g/mol. The summed E-state index contributed by atoms with van der Waals surface area (Å²) in [5.74, 6) is 0.131. The first-order valence-electron chi connectivity index (χ1n) is 7.85. The van der Waals surface area contributed by atoms with E-state index in [4.69, 9.17) is 14.4 Å². The zero-order chi connectivity index (χ0) is 17.9. The van der Waals surface area contributed by atoms with Crippen molar-refractivity contribution in [3.8, 4) is 16.8 Å². The van der Waals surface area contributed by atoms with E-state index in [9.17, 15) is 4.79 Å². The molecule has 0 unspecified atom stereocenters. The highest BCUT2D eigenvalue weighted by molar-refractivity contribution is 7.21. The number of furan rings is 1. The van der Waals surface area contributed by atoms with Crippen LogP contribution in [0, 0.1) is 11.3 Å². The lowest BCUT2D eigenvalue weighted by molar-refractivity contribution is 0.0437. The molecule has 2 aromatic heterocycles. The van der Waals surface area contributed by atoms with E-state index in [1.807, 2.05) is 30.3 Å². The lowest BCUT2D eigenvalue weighted by Gasteiger charge is -2.03. The van der Waals surface area contributed by atoms with Crippen molar-refractivity contribution in [1.29, 1.82) is 5.26 Å². The van der Waals surface area contributed by atoms with Crippen LogP contribution in [0.15, 0.2) is 65.1 Å². The fraction of sp³-hybridized carbons (Fsp3) is 0.0500.